The Balaban J connectivity index is 1.20. The minimum absolute atomic E-state index is 0.120. The molecule has 0 aromatic heterocycles. The van der Waals surface area contributed by atoms with Crippen molar-refractivity contribution in [2.24, 2.45) is 17.3 Å². The average Bonchev–Trinajstić information content (AvgIpc) is 3.20. The van der Waals surface area contributed by atoms with Gasteiger partial charge in [0.2, 0.25) is 10.0 Å². The van der Waals surface area contributed by atoms with Gasteiger partial charge in [-0.2, -0.15) is 0 Å². The fourth-order valence-corrected chi connectivity index (χ4v) is 11.0. The molecule has 0 aliphatic carbocycles. The number of rotatable bonds is 14. The third-order valence-electron chi connectivity index (χ3n) is 12.2. The Bertz CT molecular complexity index is 2020. The first-order valence-electron chi connectivity index (χ1n) is 20.7. The van der Waals surface area contributed by atoms with Gasteiger partial charge in [0, 0.05) is 43.2 Å². The minimum atomic E-state index is -3.60. The summed E-state index contributed by atoms with van der Waals surface area (Å²) in [6.45, 7) is 16.4. The molecule has 3 aromatic carbocycles. The number of carbonyl (C=O) groups excluding carboxylic acids is 1. The van der Waals surface area contributed by atoms with Crippen molar-refractivity contribution in [3.05, 3.63) is 95.6 Å². The van der Waals surface area contributed by atoms with E-state index in [1.807, 2.05) is 81.4 Å². The van der Waals surface area contributed by atoms with Gasteiger partial charge in [0.25, 0.3) is 0 Å². The smallest absolute Gasteiger partial charge is 0.410 e. The molecule has 58 heavy (non-hydrogen) atoms. The topological polar surface area (TPSA) is 132 Å². The second-order valence-corrected chi connectivity index (χ2v) is 18.9. The Labute approximate surface area is 344 Å². The number of carbonyl (C=O) groups is 2. The highest BCUT2D eigenvalue weighted by Crippen LogP contribution is 2.56. The molecule has 1 amide bonds. The normalized spacial score (nSPS) is 21.5. The maximum absolute atomic E-state index is 14.1. The Morgan fingerprint density at radius 2 is 1.64 bits per heavy atom. The Hall–Kier alpha value is -4.39. The van der Waals surface area contributed by atoms with E-state index in [2.05, 4.69) is 26.5 Å². The summed E-state index contributed by atoms with van der Waals surface area (Å²) in [5, 5.41) is 9.13. The third kappa shape index (κ3) is 9.72. The van der Waals surface area contributed by atoms with Gasteiger partial charge in [-0.05, 0) is 99.5 Å². The summed E-state index contributed by atoms with van der Waals surface area (Å²) in [7, 11) is -3.60. The molecule has 1 N–H and O–H groups in total. The second-order valence-electron chi connectivity index (χ2n) is 16.7. The van der Waals surface area contributed by atoms with Crippen molar-refractivity contribution in [2.45, 2.75) is 97.2 Å². The van der Waals surface area contributed by atoms with Crippen molar-refractivity contribution in [2.75, 3.05) is 39.4 Å². The largest absolute Gasteiger partial charge is 0.493 e. The number of ether oxygens (including phenoxy) is 4. The minimum Gasteiger partial charge on any atom is -0.493 e. The lowest BCUT2D eigenvalue weighted by Gasteiger charge is -2.54. The van der Waals surface area contributed by atoms with Gasteiger partial charge in [0.1, 0.15) is 18.1 Å². The monoisotopic (exact) mass is 816 g/mol. The molecule has 11 nitrogen and oxygen atoms in total. The summed E-state index contributed by atoms with van der Waals surface area (Å²) in [5.41, 5.74) is 5.03. The Morgan fingerprint density at radius 1 is 0.966 bits per heavy atom. The van der Waals surface area contributed by atoms with E-state index in [0.717, 1.165) is 52.0 Å². The van der Waals surface area contributed by atoms with Crippen LogP contribution >= 0.6 is 0 Å². The fourth-order valence-electron chi connectivity index (χ4n) is 9.13. The lowest BCUT2D eigenvalue weighted by atomic mass is 9.62. The van der Waals surface area contributed by atoms with E-state index in [1.54, 1.807) is 9.21 Å². The molecule has 0 saturated carbocycles. The molecule has 12 heteroatoms. The van der Waals surface area contributed by atoms with Crippen LogP contribution in [0.3, 0.4) is 0 Å². The van der Waals surface area contributed by atoms with Gasteiger partial charge in [-0.1, -0.05) is 80.6 Å². The molecule has 0 bridgehead atoms. The van der Waals surface area contributed by atoms with Crippen molar-refractivity contribution in [1.29, 1.82) is 0 Å². The van der Waals surface area contributed by atoms with Gasteiger partial charge < -0.3 is 29.0 Å². The number of benzene rings is 3. The molecule has 3 heterocycles. The number of hydrogen-bond acceptors (Lipinski definition) is 8. The van der Waals surface area contributed by atoms with Gasteiger partial charge in [-0.25, -0.2) is 22.3 Å². The summed E-state index contributed by atoms with van der Waals surface area (Å²) >= 11 is 0. The van der Waals surface area contributed by atoms with Gasteiger partial charge in [0.05, 0.1) is 24.1 Å². The number of para-hydroxylation sites is 1. The molecular weight excluding hydrogens is 757 g/mol. The fraction of sp³-hybridized carbons (Fsp3) is 0.522. The van der Waals surface area contributed by atoms with Crippen LogP contribution in [-0.4, -0.2) is 85.5 Å². The Kier molecular flexibility index (Phi) is 13.9. The van der Waals surface area contributed by atoms with E-state index in [0.29, 0.717) is 70.1 Å². The lowest BCUT2D eigenvalue weighted by Crippen LogP contribution is -2.55. The molecule has 6 rings (SSSR count). The molecule has 3 aromatic rings. The third-order valence-corrected chi connectivity index (χ3v) is 14.6. The number of piperidine rings is 2. The highest BCUT2D eigenvalue weighted by molar-refractivity contribution is 7.89. The van der Waals surface area contributed by atoms with Crippen LogP contribution in [0.1, 0.15) is 89.0 Å². The van der Waals surface area contributed by atoms with Gasteiger partial charge in [-0.15, -0.1) is 0 Å². The summed E-state index contributed by atoms with van der Waals surface area (Å²) in [5.74, 6) is 0.305. The first-order valence-corrected chi connectivity index (χ1v) is 22.2. The number of aliphatic carboxylic acids is 1. The Morgan fingerprint density at radius 3 is 2.28 bits per heavy atom. The van der Waals surface area contributed by atoms with E-state index in [1.165, 1.54) is 0 Å². The summed E-state index contributed by atoms with van der Waals surface area (Å²) in [6, 6.07) is 21.3. The van der Waals surface area contributed by atoms with Crippen LogP contribution in [-0.2, 0) is 30.9 Å². The predicted octanol–water partition coefficient (Wildman–Crippen LogP) is 8.81. The number of aryl methyl sites for hydroxylation is 1. The van der Waals surface area contributed by atoms with E-state index in [4.69, 9.17) is 18.9 Å². The van der Waals surface area contributed by atoms with E-state index in [-0.39, 0.29) is 24.0 Å². The maximum atomic E-state index is 14.1. The molecule has 314 valence electrons. The van der Waals surface area contributed by atoms with E-state index >= 15 is 0 Å². The predicted molar refractivity (Wildman–Crippen MR) is 224 cm³/mol. The van der Waals surface area contributed by atoms with Crippen molar-refractivity contribution in [1.82, 2.24) is 9.21 Å². The highest BCUT2D eigenvalue weighted by atomic mass is 32.2. The van der Waals surface area contributed by atoms with Crippen LogP contribution in [0.25, 0.3) is 11.1 Å². The number of nitrogens with zero attached hydrogens (tertiary/aromatic N) is 2. The molecule has 0 radical (unpaired) electrons. The summed E-state index contributed by atoms with van der Waals surface area (Å²) in [6.07, 6.45) is 2.54. The molecule has 1 spiro atoms. The molecule has 3 saturated heterocycles. The quantitative estimate of drug-likeness (QED) is 0.159. The zero-order valence-corrected chi connectivity index (χ0v) is 35.5. The number of amides is 1. The van der Waals surface area contributed by atoms with Crippen molar-refractivity contribution < 1.29 is 42.1 Å². The van der Waals surface area contributed by atoms with Crippen molar-refractivity contribution in [3.63, 3.8) is 0 Å². The first kappa shape index (κ1) is 43.2. The van der Waals surface area contributed by atoms with E-state index < -0.39 is 40.0 Å². The van der Waals surface area contributed by atoms with Crippen LogP contribution in [0.15, 0.2) is 78.9 Å². The van der Waals surface area contributed by atoms with E-state index in [9.17, 15) is 23.1 Å². The summed E-state index contributed by atoms with van der Waals surface area (Å²) in [4.78, 5) is 26.2. The highest BCUT2D eigenvalue weighted by Gasteiger charge is 2.52. The average molecular weight is 817 g/mol. The van der Waals surface area contributed by atoms with Crippen LogP contribution in [0.2, 0.25) is 0 Å². The lowest BCUT2D eigenvalue weighted by molar-refractivity contribution is -0.173. The molecule has 3 aliphatic rings. The zero-order valence-electron chi connectivity index (χ0n) is 34.7. The van der Waals surface area contributed by atoms with Crippen LogP contribution < -0.4 is 9.47 Å². The van der Waals surface area contributed by atoms with Gasteiger partial charge in [0.15, 0.2) is 6.61 Å². The molecule has 0 unspecified atom stereocenters. The first-order chi connectivity index (χ1) is 27.7. The standard InChI is InChI=1S/C46H60N2O9S/c1-7-54-39-16-12-11-15-37(39)35-26-33(6)43(40(27-35)55-30-42(49)50)44-38(32(4)5)28-46(41(57-44)25-31(2)3)19-23-48(24-20-46)58(52,53)36-17-21-47(22-18-36)45(51)56-29-34-13-9-8-10-14-34/h8-16,26-27,31,36,38,41,44H,4,7,17-25,28-30H2,1-3,5-6H3,(H,49,50)/t38-,41+,44+/m0/s1. The van der Waals surface area contributed by atoms with Gasteiger partial charge in [-0.3, -0.25) is 0 Å². The second kappa shape index (κ2) is 18.7. The molecule has 3 aliphatic heterocycles. The number of hydrogen-bond donors (Lipinski definition) is 1. The molecule has 3 fully saturated rings. The number of sulfonamides is 1. The maximum Gasteiger partial charge on any atom is 0.410 e. The molecular formula is C46H60N2O9S. The number of carboxylic acid groups (broad SMARTS) is 1. The number of carboxylic acids is 1. The number of likely N-dealkylation sites (tertiary alicyclic amines) is 1. The van der Waals surface area contributed by atoms with Gasteiger partial charge >= 0.3 is 12.1 Å². The summed E-state index contributed by atoms with van der Waals surface area (Å²) < 4.78 is 54.7. The van der Waals surface area contributed by atoms with Crippen LogP contribution in [0.4, 0.5) is 4.79 Å². The van der Waals surface area contributed by atoms with Crippen molar-refractivity contribution in [3.8, 4) is 22.6 Å². The van der Waals surface area contributed by atoms with Crippen LogP contribution in [0.5, 0.6) is 11.5 Å². The molecule has 3 atom stereocenters. The van der Waals surface area contributed by atoms with Crippen LogP contribution in [0, 0.1) is 24.2 Å². The zero-order chi connectivity index (χ0) is 41.6. The SMILES string of the molecule is C=C(C)[C@@H]1CC2(CCN(S(=O)(=O)C3CCN(C(=O)OCc4ccccc4)CC3)CC2)[C@@H](CC(C)C)O[C@H]1c1c(C)cc(-c2ccccc2OCC)cc1OCC(=O)O. The van der Waals surface area contributed by atoms with Crippen molar-refractivity contribution >= 4 is 22.1 Å².